The molecule has 8 bridgehead atoms. The number of nitrogens with one attached hydrogen (secondary N) is 3. The number of hydrogen-bond donors (Lipinski definition) is 3. The highest BCUT2D eigenvalue weighted by atomic mass is 16.5. The third-order valence-electron chi connectivity index (χ3n) is 9.18. The summed E-state index contributed by atoms with van der Waals surface area (Å²) in [5, 5.41) is 2.60. The molecule has 8 heteroatoms. The van der Waals surface area contributed by atoms with E-state index in [1.54, 1.807) is 7.11 Å². The molecule has 0 fully saturated rings. The average Bonchev–Trinajstić information content (AvgIpc) is 3.63. The number of amides is 2. The van der Waals surface area contributed by atoms with E-state index < -0.39 is 11.8 Å². The highest BCUT2D eigenvalue weighted by Crippen LogP contribution is 2.43. The lowest BCUT2D eigenvalue weighted by atomic mass is 9.85. The SMILES string of the molecule is C=Cc1c(C)c2cc3nc(c4c5[nH]c(cc6nc(cc1[nH]2)C(C)=C6CC)c(C)c5C(=O)NC4=O)[C@@H](CCCOC)[C@@H]3C. The van der Waals surface area contributed by atoms with Crippen LogP contribution >= 0.6 is 0 Å². The van der Waals surface area contributed by atoms with Gasteiger partial charge in [-0.15, -0.1) is 0 Å². The number of carbonyl (C=O) groups excluding carboxylic acids is 2. The van der Waals surface area contributed by atoms with E-state index in [9.17, 15) is 9.59 Å². The lowest BCUT2D eigenvalue weighted by Gasteiger charge is -2.19. The Balaban J connectivity index is 1.80. The van der Waals surface area contributed by atoms with Gasteiger partial charge in [-0.05, 0) is 80.5 Å². The van der Waals surface area contributed by atoms with E-state index >= 15 is 0 Å². The van der Waals surface area contributed by atoms with Crippen molar-refractivity contribution in [3.05, 3.63) is 75.4 Å². The van der Waals surface area contributed by atoms with Gasteiger partial charge in [0.15, 0.2) is 0 Å². The summed E-state index contributed by atoms with van der Waals surface area (Å²) in [4.78, 5) is 44.0. The van der Waals surface area contributed by atoms with E-state index in [1.807, 2.05) is 19.1 Å². The zero-order chi connectivity index (χ0) is 29.9. The maximum Gasteiger partial charge on any atom is 0.262 e. The van der Waals surface area contributed by atoms with Gasteiger partial charge in [0.25, 0.3) is 11.8 Å². The molecule has 0 unspecified atom stereocenters. The van der Waals surface area contributed by atoms with Crippen molar-refractivity contribution >= 4 is 51.1 Å². The van der Waals surface area contributed by atoms with E-state index in [2.05, 4.69) is 61.7 Å². The highest BCUT2D eigenvalue weighted by Gasteiger charge is 2.37. The first-order valence-electron chi connectivity index (χ1n) is 14.6. The number of rotatable bonds is 6. The van der Waals surface area contributed by atoms with Crippen LogP contribution < -0.4 is 5.32 Å². The molecule has 0 radical (unpaired) electrons. The minimum Gasteiger partial charge on any atom is -0.385 e. The number of hydrogen-bond acceptors (Lipinski definition) is 5. The lowest BCUT2D eigenvalue weighted by Crippen LogP contribution is -2.35. The van der Waals surface area contributed by atoms with Gasteiger partial charge < -0.3 is 14.7 Å². The zero-order valence-corrected chi connectivity index (χ0v) is 25.1. The van der Waals surface area contributed by atoms with Crippen molar-refractivity contribution < 1.29 is 14.3 Å². The fourth-order valence-electron chi connectivity index (χ4n) is 6.75. The monoisotopic (exact) mass is 563 g/mol. The molecule has 2 amide bonds. The molecule has 0 aliphatic carbocycles. The van der Waals surface area contributed by atoms with Crippen molar-refractivity contribution in [2.45, 2.75) is 65.7 Å². The highest BCUT2D eigenvalue weighted by molar-refractivity contribution is 6.23. The number of aromatic nitrogens is 4. The van der Waals surface area contributed by atoms with Crippen LogP contribution in [-0.4, -0.2) is 45.5 Å². The quantitative estimate of drug-likeness (QED) is 0.218. The molecule has 3 aliphatic heterocycles. The minimum absolute atomic E-state index is 0.0201. The number of imide groups is 1. The summed E-state index contributed by atoms with van der Waals surface area (Å²) in [6.45, 7) is 15.1. The Kier molecular flexibility index (Phi) is 6.97. The van der Waals surface area contributed by atoms with Crippen LogP contribution in [0.25, 0.3) is 39.3 Å². The number of ether oxygens (including phenoxy) is 1. The average molecular weight is 564 g/mol. The minimum atomic E-state index is -0.425. The molecule has 3 aliphatic rings. The molecule has 6 rings (SSSR count). The Bertz CT molecular complexity index is 1870. The molecule has 3 aromatic heterocycles. The van der Waals surface area contributed by atoms with E-state index in [1.165, 1.54) is 0 Å². The Morgan fingerprint density at radius 1 is 0.952 bits per heavy atom. The maximum atomic E-state index is 13.6. The molecule has 0 saturated heterocycles. The Hall–Kier alpha value is -4.30. The first-order chi connectivity index (χ1) is 20.2. The Morgan fingerprint density at radius 2 is 1.67 bits per heavy atom. The molecule has 42 heavy (non-hydrogen) atoms. The molecule has 3 aromatic rings. The van der Waals surface area contributed by atoms with E-state index in [4.69, 9.17) is 14.7 Å². The summed E-state index contributed by atoms with van der Waals surface area (Å²) in [5.74, 6) is -0.795. The predicted octanol–water partition coefficient (Wildman–Crippen LogP) is 7.11. The smallest absolute Gasteiger partial charge is 0.262 e. The summed E-state index contributed by atoms with van der Waals surface area (Å²) < 4.78 is 5.36. The van der Waals surface area contributed by atoms with Gasteiger partial charge in [0.05, 0.1) is 33.7 Å². The number of H-pyrrole nitrogens is 2. The Morgan fingerprint density at radius 3 is 2.38 bits per heavy atom. The number of nitrogens with zero attached hydrogens (tertiary/aromatic N) is 2. The van der Waals surface area contributed by atoms with Gasteiger partial charge in [-0.2, -0.15) is 0 Å². The molecule has 0 saturated carbocycles. The second-order valence-electron chi connectivity index (χ2n) is 11.5. The van der Waals surface area contributed by atoms with Gasteiger partial charge >= 0.3 is 0 Å². The molecule has 0 aromatic carbocycles. The third kappa shape index (κ3) is 4.24. The van der Waals surface area contributed by atoms with Gasteiger partial charge in [-0.3, -0.25) is 19.9 Å². The van der Waals surface area contributed by atoms with Crippen molar-refractivity contribution in [1.82, 2.24) is 25.3 Å². The largest absolute Gasteiger partial charge is 0.385 e. The first kappa shape index (κ1) is 27.8. The number of carbonyl (C=O) groups is 2. The summed E-state index contributed by atoms with van der Waals surface area (Å²) in [6, 6.07) is 6.18. The van der Waals surface area contributed by atoms with Crippen LogP contribution in [0.4, 0.5) is 0 Å². The number of fused-ring (bicyclic) bond motifs is 8. The van der Waals surface area contributed by atoms with Crippen molar-refractivity contribution in [1.29, 1.82) is 0 Å². The number of aromatic amines is 2. The summed E-state index contributed by atoms with van der Waals surface area (Å²) in [6.07, 6.45) is 4.31. The second-order valence-corrected chi connectivity index (χ2v) is 11.5. The molecular formula is C34H37N5O3. The molecule has 216 valence electrons. The van der Waals surface area contributed by atoms with E-state index in [-0.39, 0.29) is 11.8 Å². The summed E-state index contributed by atoms with van der Waals surface area (Å²) in [7, 11) is 1.70. The van der Waals surface area contributed by atoms with Crippen LogP contribution in [0.5, 0.6) is 0 Å². The third-order valence-corrected chi connectivity index (χ3v) is 9.18. The first-order valence-corrected chi connectivity index (χ1v) is 14.6. The van der Waals surface area contributed by atoms with E-state index in [0.29, 0.717) is 28.9 Å². The van der Waals surface area contributed by atoms with Crippen LogP contribution in [0.3, 0.4) is 0 Å². The van der Waals surface area contributed by atoms with Crippen molar-refractivity contribution in [2.75, 3.05) is 13.7 Å². The standard InChI is InChI=1S/C34H37N5O3/c1-8-20-16(3)23-13-25-18(5)22(11-10-12-42-7)31(37-25)30-32-29(33(40)39-34(30)41)19(6)26(38-32)15-28-21(9-2)17(4)24(36-28)14-27(20)35-23/h8,13-15,18,22,35,38H,1,9-12H2,2-7H3,(H,39,40,41)/t18-,22-/m0/s1. The van der Waals surface area contributed by atoms with Crippen LogP contribution in [0.2, 0.25) is 0 Å². The van der Waals surface area contributed by atoms with Gasteiger partial charge in [-0.25, -0.2) is 4.98 Å². The fourth-order valence-corrected chi connectivity index (χ4v) is 6.75. The van der Waals surface area contributed by atoms with Crippen molar-refractivity contribution in [3.63, 3.8) is 0 Å². The molecule has 3 N–H and O–H groups in total. The molecule has 8 nitrogen and oxygen atoms in total. The molecular weight excluding hydrogens is 526 g/mol. The van der Waals surface area contributed by atoms with Crippen LogP contribution in [0.1, 0.15) is 112 Å². The number of methoxy groups -OCH3 is 1. The van der Waals surface area contributed by atoms with Crippen LogP contribution in [0.15, 0.2) is 24.8 Å². The second kappa shape index (κ2) is 10.5. The van der Waals surface area contributed by atoms with Gasteiger partial charge in [0.1, 0.15) is 0 Å². The molecule has 0 spiro atoms. The van der Waals surface area contributed by atoms with E-state index in [0.717, 1.165) is 80.7 Å². The van der Waals surface area contributed by atoms with Crippen molar-refractivity contribution in [3.8, 4) is 0 Å². The zero-order valence-electron chi connectivity index (χ0n) is 25.1. The van der Waals surface area contributed by atoms with Gasteiger partial charge in [0.2, 0.25) is 0 Å². The number of allylic oxidation sites excluding steroid dienone is 2. The van der Waals surface area contributed by atoms with Crippen LogP contribution in [-0.2, 0) is 4.74 Å². The summed E-state index contributed by atoms with van der Waals surface area (Å²) >= 11 is 0. The normalized spacial score (nSPS) is 18.0. The fraction of sp³-hybridized carbons (Fsp3) is 0.353. The number of aryl methyl sites for hydroxylation is 2. The van der Waals surface area contributed by atoms with Gasteiger partial charge in [0, 0.05) is 53.4 Å². The topological polar surface area (TPSA) is 113 Å². The van der Waals surface area contributed by atoms with Crippen LogP contribution in [0, 0.1) is 13.8 Å². The Labute approximate surface area is 245 Å². The van der Waals surface area contributed by atoms with Gasteiger partial charge in [-0.1, -0.05) is 26.5 Å². The summed E-state index contributed by atoms with van der Waals surface area (Å²) in [5.41, 5.74) is 12.6. The molecule has 6 heterocycles. The molecule has 2 atom stereocenters. The predicted molar refractivity (Wildman–Crippen MR) is 167 cm³/mol. The maximum absolute atomic E-state index is 13.6. The van der Waals surface area contributed by atoms with Crippen molar-refractivity contribution in [2.24, 2.45) is 0 Å². The lowest BCUT2D eigenvalue weighted by molar-refractivity contribution is 0.0843.